The van der Waals surface area contributed by atoms with E-state index in [1.165, 1.54) is 32.7 Å². The lowest BCUT2D eigenvalue weighted by Crippen LogP contribution is -2.36. The molecule has 156 valence electrons. The number of nitrogens with one attached hydrogen (secondary N) is 1. The lowest BCUT2D eigenvalue weighted by atomic mass is 10.2. The number of hydrogen-bond acceptors (Lipinski definition) is 11. The first-order chi connectivity index (χ1) is 14.6. The van der Waals surface area contributed by atoms with Crippen LogP contribution < -0.4 is 19.7 Å². The molecule has 0 saturated carbocycles. The molecule has 0 bridgehead atoms. The molecule has 0 radical (unpaired) electrons. The van der Waals surface area contributed by atoms with Crippen molar-refractivity contribution in [3.8, 4) is 11.6 Å². The highest BCUT2D eigenvalue weighted by Crippen LogP contribution is 2.34. The Morgan fingerprint density at radius 3 is 2.63 bits per heavy atom. The van der Waals surface area contributed by atoms with E-state index in [9.17, 15) is 10.1 Å². The maximum atomic E-state index is 11.4. The lowest BCUT2D eigenvalue weighted by Gasteiger charge is -2.28. The van der Waals surface area contributed by atoms with Crippen molar-refractivity contribution in [3.05, 3.63) is 34.6 Å². The third-order valence-electron chi connectivity index (χ3n) is 4.60. The molecule has 3 aromatic rings. The van der Waals surface area contributed by atoms with Gasteiger partial charge in [0.15, 0.2) is 5.75 Å². The van der Waals surface area contributed by atoms with Crippen LogP contribution >= 0.6 is 0 Å². The molecule has 1 saturated heterocycles. The second kappa shape index (κ2) is 8.29. The standard InChI is InChI=1S/C18H19N7O5/c1-28-14-8-12-11(7-13(14)25(26)27)17(20-10-19-12)23-18-21-15(9-16(22-18)29-2)24-3-5-30-6-4-24/h7-10H,3-6H2,1-2H3,(H,19,20,21,22,23). The number of aromatic nitrogens is 4. The predicted molar refractivity (Wildman–Crippen MR) is 108 cm³/mol. The van der Waals surface area contributed by atoms with Crippen LogP contribution in [0, 0.1) is 10.1 Å². The zero-order valence-corrected chi connectivity index (χ0v) is 16.4. The van der Waals surface area contributed by atoms with Crippen molar-refractivity contribution in [1.82, 2.24) is 19.9 Å². The minimum atomic E-state index is -0.520. The predicted octanol–water partition coefficient (Wildman–Crippen LogP) is 1.93. The number of rotatable bonds is 6. The molecule has 3 heterocycles. The van der Waals surface area contributed by atoms with Crippen molar-refractivity contribution in [2.24, 2.45) is 0 Å². The number of nitro benzene ring substituents is 1. The first kappa shape index (κ1) is 19.5. The van der Waals surface area contributed by atoms with E-state index in [1.54, 1.807) is 6.07 Å². The number of nitro groups is 1. The van der Waals surface area contributed by atoms with Crippen LogP contribution in [0.1, 0.15) is 0 Å². The number of anilines is 3. The van der Waals surface area contributed by atoms with Crippen LogP contribution in [0.2, 0.25) is 0 Å². The van der Waals surface area contributed by atoms with E-state index in [0.29, 0.717) is 54.7 Å². The molecule has 1 aliphatic rings. The second-order valence-electron chi connectivity index (χ2n) is 6.34. The molecule has 1 N–H and O–H groups in total. The molecule has 30 heavy (non-hydrogen) atoms. The molecule has 12 nitrogen and oxygen atoms in total. The Labute approximate surface area is 171 Å². The van der Waals surface area contributed by atoms with E-state index in [1.807, 2.05) is 0 Å². The zero-order valence-electron chi connectivity index (χ0n) is 16.4. The van der Waals surface area contributed by atoms with Gasteiger partial charge >= 0.3 is 5.69 Å². The molecular formula is C18H19N7O5. The van der Waals surface area contributed by atoms with Crippen LogP contribution in [0.5, 0.6) is 11.6 Å². The van der Waals surface area contributed by atoms with Gasteiger partial charge < -0.3 is 24.4 Å². The first-order valence-corrected chi connectivity index (χ1v) is 9.09. The number of benzene rings is 1. The molecule has 4 rings (SSSR count). The molecule has 1 fully saturated rings. The highest BCUT2D eigenvalue weighted by Gasteiger charge is 2.20. The van der Waals surface area contributed by atoms with Gasteiger partial charge in [-0.2, -0.15) is 9.97 Å². The topological polar surface area (TPSA) is 138 Å². The van der Waals surface area contributed by atoms with Gasteiger partial charge in [0.25, 0.3) is 0 Å². The van der Waals surface area contributed by atoms with Gasteiger partial charge in [0.05, 0.1) is 43.3 Å². The van der Waals surface area contributed by atoms with Crippen molar-refractivity contribution >= 4 is 34.2 Å². The Morgan fingerprint density at radius 1 is 1.13 bits per heavy atom. The van der Waals surface area contributed by atoms with Crippen LogP contribution in [0.4, 0.5) is 23.3 Å². The fourth-order valence-corrected chi connectivity index (χ4v) is 3.11. The molecule has 1 aliphatic heterocycles. The number of hydrogen-bond donors (Lipinski definition) is 1. The van der Waals surface area contributed by atoms with Gasteiger partial charge in [-0.3, -0.25) is 10.1 Å². The van der Waals surface area contributed by atoms with Gasteiger partial charge in [-0.05, 0) is 0 Å². The van der Waals surface area contributed by atoms with Gasteiger partial charge in [0.2, 0.25) is 11.8 Å². The number of nitrogens with zero attached hydrogens (tertiary/aromatic N) is 6. The molecule has 2 aromatic heterocycles. The minimum absolute atomic E-state index is 0.115. The van der Waals surface area contributed by atoms with Gasteiger partial charge in [0, 0.05) is 31.3 Å². The number of fused-ring (bicyclic) bond motifs is 1. The summed E-state index contributed by atoms with van der Waals surface area (Å²) >= 11 is 0. The number of morpholine rings is 1. The summed E-state index contributed by atoms with van der Waals surface area (Å²) < 4.78 is 15.8. The van der Waals surface area contributed by atoms with Gasteiger partial charge in [-0.15, -0.1) is 0 Å². The van der Waals surface area contributed by atoms with Crippen LogP contribution in [0.25, 0.3) is 10.9 Å². The van der Waals surface area contributed by atoms with E-state index in [2.05, 4.69) is 30.2 Å². The van der Waals surface area contributed by atoms with E-state index in [0.717, 1.165) is 0 Å². The molecule has 0 atom stereocenters. The van der Waals surface area contributed by atoms with Crippen molar-refractivity contribution < 1.29 is 19.1 Å². The monoisotopic (exact) mass is 413 g/mol. The summed E-state index contributed by atoms with van der Waals surface area (Å²) in [5.74, 6) is 1.74. The Bertz CT molecular complexity index is 1090. The molecule has 0 aliphatic carbocycles. The fraction of sp³-hybridized carbons (Fsp3) is 0.333. The molecule has 0 unspecified atom stereocenters. The number of ether oxygens (including phenoxy) is 3. The summed E-state index contributed by atoms with van der Waals surface area (Å²) in [6.07, 6.45) is 1.35. The quantitative estimate of drug-likeness (QED) is 0.468. The molecule has 0 amide bonds. The summed E-state index contributed by atoms with van der Waals surface area (Å²) in [5.41, 5.74) is 0.287. The summed E-state index contributed by atoms with van der Waals surface area (Å²) in [6.45, 7) is 2.61. The smallest absolute Gasteiger partial charge is 0.311 e. The Kier molecular flexibility index (Phi) is 5.39. The average molecular weight is 413 g/mol. The van der Waals surface area contributed by atoms with Crippen LogP contribution in [-0.2, 0) is 4.74 Å². The SMILES string of the molecule is COc1cc(N2CCOCC2)nc(Nc2ncnc3cc(OC)c([N+](=O)[O-])cc23)n1. The van der Waals surface area contributed by atoms with E-state index in [4.69, 9.17) is 14.2 Å². The van der Waals surface area contributed by atoms with Gasteiger partial charge in [-0.1, -0.05) is 0 Å². The van der Waals surface area contributed by atoms with Crippen LogP contribution in [-0.4, -0.2) is 65.4 Å². The fourth-order valence-electron chi connectivity index (χ4n) is 3.11. The Hall–Kier alpha value is -3.80. The van der Waals surface area contributed by atoms with Crippen molar-refractivity contribution in [3.63, 3.8) is 0 Å². The zero-order chi connectivity index (χ0) is 21.1. The van der Waals surface area contributed by atoms with Gasteiger partial charge in [0.1, 0.15) is 18.0 Å². The normalized spacial score (nSPS) is 13.9. The largest absolute Gasteiger partial charge is 0.490 e. The summed E-state index contributed by atoms with van der Waals surface area (Å²) in [4.78, 5) is 30.2. The summed E-state index contributed by atoms with van der Waals surface area (Å²) in [5, 5.41) is 14.9. The Balaban J connectivity index is 1.75. The third kappa shape index (κ3) is 3.85. The van der Waals surface area contributed by atoms with Gasteiger partial charge in [-0.25, -0.2) is 9.97 Å². The van der Waals surface area contributed by atoms with E-state index >= 15 is 0 Å². The average Bonchev–Trinajstić information content (AvgIpc) is 2.78. The molecule has 0 spiro atoms. The molecule has 1 aromatic carbocycles. The maximum Gasteiger partial charge on any atom is 0.311 e. The van der Waals surface area contributed by atoms with E-state index in [-0.39, 0.29) is 17.4 Å². The van der Waals surface area contributed by atoms with Crippen molar-refractivity contribution in [2.75, 3.05) is 50.7 Å². The van der Waals surface area contributed by atoms with Crippen LogP contribution in [0.3, 0.4) is 0 Å². The number of methoxy groups -OCH3 is 2. The highest BCUT2D eigenvalue weighted by atomic mass is 16.6. The second-order valence-corrected chi connectivity index (χ2v) is 6.34. The van der Waals surface area contributed by atoms with Crippen molar-refractivity contribution in [2.45, 2.75) is 0 Å². The first-order valence-electron chi connectivity index (χ1n) is 9.09. The third-order valence-corrected chi connectivity index (χ3v) is 4.60. The summed E-state index contributed by atoms with van der Waals surface area (Å²) in [7, 11) is 2.89. The Morgan fingerprint density at radius 2 is 1.93 bits per heavy atom. The lowest BCUT2D eigenvalue weighted by molar-refractivity contribution is -0.385. The highest BCUT2D eigenvalue weighted by molar-refractivity contribution is 5.93. The molecule has 12 heteroatoms. The minimum Gasteiger partial charge on any atom is -0.490 e. The van der Waals surface area contributed by atoms with Crippen molar-refractivity contribution in [1.29, 1.82) is 0 Å². The summed E-state index contributed by atoms with van der Waals surface area (Å²) in [6, 6.07) is 4.59. The van der Waals surface area contributed by atoms with E-state index < -0.39 is 4.92 Å². The maximum absolute atomic E-state index is 11.4. The van der Waals surface area contributed by atoms with Crippen LogP contribution in [0.15, 0.2) is 24.5 Å². The molecular weight excluding hydrogens is 394 g/mol.